The van der Waals surface area contributed by atoms with Crippen molar-refractivity contribution >= 4 is 10.0 Å². The third-order valence-corrected chi connectivity index (χ3v) is 5.53. The van der Waals surface area contributed by atoms with Crippen molar-refractivity contribution in [3.63, 3.8) is 0 Å². The summed E-state index contributed by atoms with van der Waals surface area (Å²) < 4.78 is 37.2. The van der Waals surface area contributed by atoms with Crippen LogP contribution in [-0.2, 0) is 10.0 Å². The number of hydrogen-bond acceptors (Lipinski definition) is 5. The van der Waals surface area contributed by atoms with Crippen LogP contribution in [0.15, 0.2) is 23.1 Å². The average Bonchev–Trinajstić information content (AvgIpc) is 2.55. The molecule has 6 nitrogen and oxygen atoms in total. The van der Waals surface area contributed by atoms with Crippen LogP contribution in [0.25, 0.3) is 0 Å². The van der Waals surface area contributed by atoms with Gasteiger partial charge in [0.2, 0.25) is 10.0 Å². The highest BCUT2D eigenvalue weighted by molar-refractivity contribution is 7.89. The van der Waals surface area contributed by atoms with Gasteiger partial charge in [-0.05, 0) is 12.1 Å². The van der Waals surface area contributed by atoms with E-state index in [2.05, 4.69) is 10.8 Å². The third kappa shape index (κ3) is 3.35. The molecule has 0 atom stereocenters. The second kappa shape index (κ2) is 7.01. The van der Waals surface area contributed by atoms with E-state index in [0.29, 0.717) is 44.2 Å². The van der Waals surface area contributed by atoms with Crippen LogP contribution in [0.3, 0.4) is 0 Å². The third-order valence-electron chi connectivity index (χ3n) is 3.64. The Morgan fingerprint density at radius 3 is 2.32 bits per heavy atom. The molecule has 0 saturated carbocycles. The van der Waals surface area contributed by atoms with E-state index in [-0.39, 0.29) is 4.90 Å². The van der Waals surface area contributed by atoms with Gasteiger partial charge < -0.3 is 9.47 Å². The predicted octanol–water partition coefficient (Wildman–Crippen LogP) is 0.643. The molecule has 0 spiro atoms. The molecule has 1 heterocycles. The number of ether oxygens (including phenoxy) is 2. The largest absolute Gasteiger partial charge is 0.493 e. The summed E-state index contributed by atoms with van der Waals surface area (Å²) in [5.41, 5.74) is 0. The Kier molecular flexibility index (Phi) is 5.29. The number of rotatable bonds is 5. The maximum Gasteiger partial charge on any atom is 0.243 e. The van der Waals surface area contributed by atoms with E-state index in [1.165, 1.54) is 30.7 Å². The number of piperazine rings is 1. The van der Waals surface area contributed by atoms with Gasteiger partial charge in [-0.1, -0.05) is 5.92 Å². The smallest absolute Gasteiger partial charge is 0.243 e. The number of nitrogens with zero attached hydrogens (tertiary/aromatic N) is 2. The molecule has 0 bridgehead atoms. The molecule has 2 rings (SSSR count). The molecule has 22 heavy (non-hydrogen) atoms. The van der Waals surface area contributed by atoms with E-state index in [1.807, 2.05) is 0 Å². The summed E-state index contributed by atoms with van der Waals surface area (Å²) in [6.45, 7) is 2.68. The van der Waals surface area contributed by atoms with Crippen molar-refractivity contribution < 1.29 is 17.9 Å². The monoisotopic (exact) mass is 324 g/mol. The van der Waals surface area contributed by atoms with Crippen molar-refractivity contribution in [2.24, 2.45) is 0 Å². The molecule has 0 radical (unpaired) electrons. The zero-order valence-electron chi connectivity index (χ0n) is 12.8. The minimum absolute atomic E-state index is 0.204. The zero-order valence-corrected chi connectivity index (χ0v) is 13.6. The first-order valence-corrected chi connectivity index (χ1v) is 8.35. The maximum atomic E-state index is 12.7. The molecule has 7 heteroatoms. The maximum absolute atomic E-state index is 12.7. The van der Waals surface area contributed by atoms with Crippen LogP contribution in [0, 0.1) is 12.3 Å². The highest BCUT2D eigenvalue weighted by Crippen LogP contribution is 2.30. The topological polar surface area (TPSA) is 59.1 Å². The SMILES string of the molecule is C#CCN1CCN(S(=O)(=O)c2ccc(OC)c(OC)c2)CC1. The van der Waals surface area contributed by atoms with Crippen LogP contribution < -0.4 is 9.47 Å². The number of methoxy groups -OCH3 is 2. The van der Waals surface area contributed by atoms with Gasteiger partial charge in [-0.25, -0.2) is 8.42 Å². The van der Waals surface area contributed by atoms with Gasteiger partial charge >= 0.3 is 0 Å². The molecule has 1 fully saturated rings. The fraction of sp³-hybridized carbons (Fsp3) is 0.467. The van der Waals surface area contributed by atoms with Gasteiger partial charge in [0.1, 0.15) is 0 Å². The molecule has 1 aliphatic rings. The van der Waals surface area contributed by atoms with Crippen molar-refractivity contribution in [1.29, 1.82) is 0 Å². The molecule has 1 aromatic rings. The Labute approximate surface area is 131 Å². The van der Waals surface area contributed by atoms with Crippen molar-refractivity contribution in [3.05, 3.63) is 18.2 Å². The molecule has 1 aromatic carbocycles. The molecule has 0 aromatic heterocycles. The molecule has 1 saturated heterocycles. The van der Waals surface area contributed by atoms with E-state index in [1.54, 1.807) is 6.07 Å². The van der Waals surface area contributed by atoms with Gasteiger partial charge in [0.15, 0.2) is 11.5 Å². The summed E-state index contributed by atoms with van der Waals surface area (Å²) in [4.78, 5) is 2.26. The number of sulfonamides is 1. The predicted molar refractivity (Wildman–Crippen MR) is 83.6 cm³/mol. The van der Waals surface area contributed by atoms with Crippen LogP contribution in [0.5, 0.6) is 11.5 Å². The van der Waals surface area contributed by atoms with Gasteiger partial charge in [0.05, 0.1) is 25.7 Å². The van der Waals surface area contributed by atoms with Crippen LogP contribution in [0.1, 0.15) is 0 Å². The lowest BCUT2D eigenvalue weighted by Crippen LogP contribution is -2.48. The molecular formula is C15H20N2O4S. The summed E-state index contributed by atoms with van der Waals surface area (Å²) in [5.74, 6) is 3.48. The second-order valence-corrected chi connectivity index (χ2v) is 6.84. The molecule has 0 amide bonds. The minimum atomic E-state index is -3.54. The fourth-order valence-corrected chi connectivity index (χ4v) is 3.82. The lowest BCUT2D eigenvalue weighted by atomic mass is 10.3. The Morgan fingerprint density at radius 1 is 1.14 bits per heavy atom. The van der Waals surface area contributed by atoms with Crippen LogP contribution >= 0.6 is 0 Å². The summed E-state index contributed by atoms with van der Waals surface area (Å²) >= 11 is 0. The quantitative estimate of drug-likeness (QED) is 0.744. The molecule has 0 aliphatic carbocycles. The summed E-state index contributed by atoms with van der Waals surface area (Å²) in [6, 6.07) is 4.62. The van der Waals surface area contributed by atoms with Gasteiger partial charge in [0.25, 0.3) is 0 Å². The minimum Gasteiger partial charge on any atom is -0.493 e. The Morgan fingerprint density at radius 2 is 1.77 bits per heavy atom. The zero-order chi connectivity index (χ0) is 16.2. The van der Waals surface area contributed by atoms with Gasteiger partial charge in [-0.15, -0.1) is 6.42 Å². The van der Waals surface area contributed by atoms with E-state index in [4.69, 9.17) is 15.9 Å². The first kappa shape index (κ1) is 16.6. The van der Waals surface area contributed by atoms with Crippen molar-refractivity contribution in [3.8, 4) is 23.8 Å². The summed E-state index contributed by atoms with van der Waals surface area (Å²) in [6.07, 6.45) is 5.28. The Hall–Kier alpha value is -1.75. The molecule has 120 valence electrons. The Balaban J connectivity index is 2.19. The Bertz CT molecular complexity index is 659. The van der Waals surface area contributed by atoms with Crippen molar-refractivity contribution in [2.75, 3.05) is 46.9 Å². The van der Waals surface area contributed by atoms with E-state index in [0.717, 1.165) is 0 Å². The van der Waals surface area contributed by atoms with Crippen LogP contribution in [0.2, 0.25) is 0 Å². The average molecular weight is 324 g/mol. The molecular weight excluding hydrogens is 304 g/mol. The highest BCUT2D eigenvalue weighted by atomic mass is 32.2. The van der Waals surface area contributed by atoms with Crippen molar-refractivity contribution in [2.45, 2.75) is 4.90 Å². The summed E-state index contributed by atoms with van der Waals surface area (Å²) in [5, 5.41) is 0. The number of hydrogen-bond donors (Lipinski definition) is 0. The number of terminal acetylenes is 1. The lowest BCUT2D eigenvalue weighted by molar-refractivity contribution is 0.207. The van der Waals surface area contributed by atoms with Crippen molar-refractivity contribution in [1.82, 2.24) is 9.21 Å². The second-order valence-electron chi connectivity index (χ2n) is 4.90. The molecule has 1 aliphatic heterocycles. The molecule has 0 N–H and O–H groups in total. The molecule has 0 unspecified atom stereocenters. The van der Waals surface area contributed by atoms with Crippen LogP contribution in [-0.4, -0.2) is 64.6 Å². The van der Waals surface area contributed by atoms with E-state index >= 15 is 0 Å². The first-order chi connectivity index (χ1) is 10.5. The van der Waals surface area contributed by atoms with Gasteiger partial charge in [-0.3, -0.25) is 4.90 Å². The number of benzene rings is 1. The van der Waals surface area contributed by atoms with Crippen LogP contribution in [0.4, 0.5) is 0 Å². The first-order valence-electron chi connectivity index (χ1n) is 6.91. The lowest BCUT2D eigenvalue weighted by Gasteiger charge is -2.32. The highest BCUT2D eigenvalue weighted by Gasteiger charge is 2.28. The van der Waals surface area contributed by atoms with E-state index in [9.17, 15) is 8.42 Å². The van der Waals surface area contributed by atoms with Gasteiger partial charge in [-0.2, -0.15) is 4.31 Å². The summed E-state index contributed by atoms with van der Waals surface area (Å²) in [7, 11) is -0.549. The fourth-order valence-electron chi connectivity index (χ4n) is 2.38. The van der Waals surface area contributed by atoms with Gasteiger partial charge in [0, 0.05) is 32.2 Å². The normalized spacial score (nSPS) is 17.0. The van der Waals surface area contributed by atoms with E-state index < -0.39 is 10.0 Å². The standard InChI is InChI=1S/C15H20N2O4S/c1-4-7-16-8-10-17(11-9-16)22(18,19)13-5-6-14(20-2)15(12-13)21-3/h1,5-6,12H,7-11H2,2-3H3.